The molecule has 4 bridgehead atoms. The molecule has 7 rings (SSSR count). The first-order valence-corrected chi connectivity index (χ1v) is 10.5. The molecular weight excluding hydrogens is 382 g/mol. The maximum Gasteiger partial charge on any atom is 0.246 e. The summed E-state index contributed by atoms with van der Waals surface area (Å²) in [5, 5.41) is 11.5. The molecule has 0 radical (unpaired) electrons. The third-order valence-corrected chi connectivity index (χ3v) is 7.18. The fraction of sp³-hybridized carbons (Fsp3) is 0.524. The van der Waals surface area contributed by atoms with Gasteiger partial charge in [-0.3, -0.25) is 9.78 Å². The van der Waals surface area contributed by atoms with Crippen LogP contribution in [0.5, 0.6) is 0 Å². The molecule has 3 aromatic heterocycles. The average molecular weight is 405 g/mol. The molecule has 2 unspecified atom stereocenters. The Balaban J connectivity index is 1.20. The summed E-state index contributed by atoms with van der Waals surface area (Å²) in [5.74, 6) is 2.05. The van der Waals surface area contributed by atoms with Crippen molar-refractivity contribution in [2.75, 3.05) is 0 Å². The second-order valence-corrected chi connectivity index (χ2v) is 9.22. The predicted octanol–water partition coefficient (Wildman–Crippen LogP) is 2.33. The Morgan fingerprint density at radius 1 is 1.23 bits per heavy atom. The van der Waals surface area contributed by atoms with E-state index in [9.17, 15) is 4.79 Å². The van der Waals surface area contributed by atoms with Crippen LogP contribution in [0.15, 0.2) is 41.6 Å². The maximum absolute atomic E-state index is 13.4. The van der Waals surface area contributed by atoms with Crippen LogP contribution in [-0.4, -0.2) is 35.8 Å². The highest BCUT2D eigenvalue weighted by atomic mass is 16.5. The van der Waals surface area contributed by atoms with E-state index in [4.69, 9.17) is 4.52 Å². The van der Waals surface area contributed by atoms with Gasteiger partial charge < -0.3 is 9.84 Å². The van der Waals surface area contributed by atoms with Crippen molar-refractivity contribution < 1.29 is 9.32 Å². The van der Waals surface area contributed by atoms with E-state index in [1.807, 2.05) is 29.2 Å². The number of hydrogen-bond donors (Lipinski definition) is 1. The fourth-order valence-electron chi connectivity index (χ4n) is 6.47. The van der Waals surface area contributed by atoms with Crippen LogP contribution in [0.3, 0.4) is 0 Å². The molecule has 1 amide bonds. The van der Waals surface area contributed by atoms with E-state index in [1.165, 1.54) is 6.42 Å². The van der Waals surface area contributed by atoms with E-state index in [0.717, 1.165) is 32.1 Å². The Kier molecular flexibility index (Phi) is 3.81. The second kappa shape index (κ2) is 6.45. The highest BCUT2D eigenvalue weighted by Gasteiger charge is 2.61. The standard InChI is InChI=1S/C21H23N7O2/c29-19(24-10-17-26-18(27-30-17)16-3-1-2-4-23-16)20-6-14-5-15(7-20)9-21(8-14,11-20)28-13-22-12-25-28/h1-4,12-15H,5-11H2,(H,24,29). The molecule has 154 valence electrons. The normalized spacial score (nSPS) is 31.7. The van der Waals surface area contributed by atoms with Crippen LogP contribution in [0.4, 0.5) is 0 Å². The number of carbonyl (C=O) groups excluding carboxylic acids is 1. The van der Waals surface area contributed by atoms with E-state index in [-0.39, 0.29) is 23.4 Å². The van der Waals surface area contributed by atoms with Gasteiger partial charge in [-0.05, 0) is 62.5 Å². The lowest BCUT2D eigenvalue weighted by atomic mass is 9.46. The molecule has 0 aromatic carbocycles. The van der Waals surface area contributed by atoms with Gasteiger partial charge in [-0.25, -0.2) is 9.67 Å². The molecule has 9 nitrogen and oxygen atoms in total. The summed E-state index contributed by atoms with van der Waals surface area (Å²) in [5.41, 5.74) is 0.226. The molecule has 4 fully saturated rings. The third-order valence-electron chi connectivity index (χ3n) is 7.18. The quantitative estimate of drug-likeness (QED) is 0.693. The molecule has 9 heteroatoms. The zero-order valence-electron chi connectivity index (χ0n) is 16.6. The zero-order chi connectivity index (χ0) is 20.2. The van der Waals surface area contributed by atoms with Gasteiger partial charge in [-0.2, -0.15) is 10.1 Å². The van der Waals surface area contributed by atoms with E-state index in [1.54, 1.807) is 12.5 Å². The number of hydrogen-bond acceptors (Lipinski definition) is 7. The van der Waals surface area contributed by atoms with Crippen LogP contribution in [0, 0.1) is 17.3 Å². The molecule has 3 aromatic rings. The van der Waals surface area contributed by atoms with E-state index < -0.39 is 0 Å². The lowest BCUT2D eigenvalue weighted by Gasteiger charge is -2.60. The number of nitrogens with zero attached hydrogens (tertiary/aromatic N) is 6. The van der Waals surface area contributed by atoms with E-state index >= 15 is 0 Å². The van der Waals surface area contributed by atoms with E-state index in [2.05, 4.69) is 30.5 Å². The van der Waals surface area contributed by atoms with Gasteiger partial charge in [0, 0.05) is 6.20 Å². The molecule has 3 heterocycles. The highest BCUT2D eigenvalue weighted by Crippen LogP contribution is 2.64. The maximum atomic E-state index is 13.4. The molecule has 4 saturated carbocycles. The van der Waals surface area contributed by atoms with E-state index in [0.29, 0.717) is 29.2 Å². The number of aromatic nitrogens is 6. The predicted molar refractivity (Wildman–Crippen MR) is 104 cm³/mol. The largest absolute Gasteiger partial charge is 0.347 e. The fourth-order valence-corrected chi connectivity index (χ4v) is 6.47. The lowest BCUT2D eigenvalue weighted by molar-refractivity contribution is -0.156. The van der Waals surface area contributed by atoms with Crippen molar-refractivity contribution in [1.82, 2.24) is 35.2 Å². The molecular formula is C21H23N7O2. The van der Waals surface area contributed by atoms with Crippen molar-refractivity contribution in [2.24, 2.45) is 17.3 Å². The average Bonchev–Trinajstić information content (AvgIpc) is 3.44. The van der Waals surface area contributed by atoms with Gasteiger partial charge in [0.25, 0.3) is 0 Å². The van der Waals surface area contributed by atoms with Gasteiger partial charge in [0.05, 0.1) is 17.5 Å². The van der Waals surface area contributed by atoms with Crippen molar-refractivity contribution in [3.8, 4) is 11.5 Å². The van der Waals surface area contributed by atoms with Crippen LogP contribution < -0.4 is 5.32 Å². The number of pyridine rings is 1. The van der Waals surface area contributed by atoms with Gasteiger partial charge in [0.1, 0.15) is 18.3 Å². The Bertz CT molecular complexity index is 1050. The first-order chi connectivity index (χ1) is 14.6. The second-order valence-electron chi connectivity index (χ2n) is 9.22. The Morgan fingerprint density at radius 3 is 2.83 bits per heavy atom. The van der Waals surface area contributed by atoms with Crippen LogP contribution >= 0.6 is 0 Å². The number of nitrogens with one attached hydrogen (secondary N) is 1. The smallest absolute Gasteiger partial charge is 0.246 e. The SMILES string of the molecule is O=C(NCc1nc(-c2ccccn2)no1)C12CC3CC(C1)CC(n1cncn1)(C3)C2. The topological polar surface area (TPSA) is 112 Å². The van der Waals surface area contributed by atoms with Gasteiger partial charge in [0.15, 0.2) is 0 Å². The van der Waals surface area contributed by atoms with Crippen molar-refractivity contribution in [3.63, 3.8) is 0 Å². The van der Waals surface area contributed by atoms with Crippen LogP contribution in [0.1, 0.15) is 44.4 Å². The summed E-state index contributed by atoms with van der Waals surface area (Å²) in [4.78, 5) is 26.2. The summed E-state index contributed by atoms with van der Waals surface area (Å²) in [6, 6.07) is 5.53. The van der Waals surface area contributed by atoms with Crippen molar-refractivity contribution >= 4 is 5.91 Å². The van der Waals surface area contributed by atoms with Crippen molar-refractivity contribution in [1.29, 1.82) is 0 Å². The lowest BCUT2D eigenvalue weighted by Crippen LogP contribution is -2.61. The third kappa shape index (κ3) is 2.75. The minimum atomic E-state index is -0.347. The number of carbonyl (C=O) groups is 1. The van der Waals surface area contributed by atoms with Crippen LogP contribution in [0.25, 0.3) is 11.5 Å². The highest BCUT2D eigenvalue weighted by molar-refractivity contribution is 5.83. The first kappa shape index (κ1) is 17.7. The first-order valence-electron chi connectivity index (χ1n) is 10.5. The summed E-state index contributed by atoms with van der Waals surface area (Å²) in [7, 11) is 0. The van der Waals surface area contributed by atoms with Gasteiger partial charge >= 0.3 is 0 Å². The minimum Gasteiger partial charge on any atom is -0.347 e. The summed E-state index contributed by atoms with van der Waals surface area (Å²) >= 11 is 0. The Morgan fingerprint density at radius 2 is 2.10 bits per heavy atom. The molecule has 4 aliphatic carbocycles. The number of amides is 1. The summed E-state index contributed by atoms with van der Waals surface area (Å²) < 4.78 is 7.35. The monoisotopic (exact) mass is 405 g/mol. The summed E-state index contributed by atoms with van der Waals surface area (Å²) in [6.07, 6.45) is 11.2. The van der Waals surface area contributed by atoms with Gasteiger partial charge in [-0.15, -0.1) is 0 Å². The zero-order valence-corrected chi connectivity index (χ0v) is 16.6. The molecule has 30 heavy (non-hydrogen) atoms. The number of rotatable bonds is 5. The Labute approximate surface area is 173 Å². The van der Waals surface area contributed by atoms with Gasteiger partial charge in [-0.1, -0.05) is 11.2 Å². The van der Waals surface area contributed by atoms with Crippen molar-refractivity contribution in [2.45, 2.75) is 50.6 Å². The minimum absolute atomic E-state index is 0.0748. The molecule has 0 spiro atoms. The summed E-state index contributed by atoms with van der Waals surface area (Å²) in [6.45, 7) is 0.228. The van der Waals surface area contributed by atoms with Crippen molar-refractivity contribution in [3.05, 3.63) is 42.9 Å². The Hall–Kier alpha value is -3.10. The van der Waals surface area contributed by atoms with Crippen LogP contribution in [0.2, 0.25) is 0 Å². The molecule has 2 atom stereocenters. The van der Waals surface area contributed by atoms with Crippen LogP contribution in [-0.2, 0) is 16.9 Å². The molecule has 4 aliphatic rings. The molecule has 0 saturated heterocycles. The molecule has 0 aliphatic heterocycles. The van der Waals surface area contributed by atoms with Gasteiger partial charge in [0.2, 0.25) is 17.6 Å². The molecule has 1 N–H and O–H groups in total.